The zero-order valence-electron chi connectivity index (χ0n) is 29.6. The molecule has 0 amide bonds. The van der Waals surface area contributed by atoms with Gasteiger partial charge in [0.25, 0.3) is 0 Å². The van der Waals surface area contributed by atoms with E-state index < -0.39 is 0 Å². The number of nitriles is 3. The van der Waals surface area contributed by atoms with Gasteiger partial charge in [-0.1, -0.05) is 109 Å². The number of hydrogen-bond acceptors (Lipinski definition) is 3. The molecule has 54 heavy (non-hydrogen) atoms. The SMILES string of the molecule is N#Cc1ccc(C[C@@H]2c3ccccc3-c3c2c2c(c4c3[C@H](Cc3ccc(C#N)cc3)c3ccccc3-4)[C@H](Cc3ccc(C#N)cc3)c3ccccc3-2)cc1. The summed E-state index contributed by atoms with van der Waals surface area (Å²) in [5.41, 5.74) is 22.1. The topological polar surface area (TPSA) is 71.4 Å². The quantitative estimate of drug-likeness (QED) is 0.175. The Morgan fingerprint density at radius 3 is 0.852 bits per heavy atom. The maximum absolute atomic E-state index is 9.57. The van der Waals surface area contributed by atoms with Crippen molar-refractivity contribution in [3.8, 4) is 51.6 Å². The Balaban J connectivity index is 1.27. The minimum absolute atomic E-state index is 0.129. The molecule has 3 aliphatic rings. The van der Waals surface area contributed by atoms with Gasteiger partial charge in [-0.3, -0.25) is 0 Å². The van der Waals surface area contributed by atoms with Crippen LogP contribution in [-0.2, 0) is 19.3 Å². The average molecular weight is 688 g/mol. The van der Waals surface area contributed by atoms with Crippen molar-refractivity contribution in [2.45, 2.75) is 37.0 Å². The summed E-state index contributed by atoms with van der Waals surface area (Å²) in [6.45, 7) is 0. The zero-order valence-corrected chi connectivity index (χ0v) is 29.6. The second-order valence-electron chi connectivity index (χ2n) is 14.8. The van der Waals surface area contributed by atoms with Crippen LogP contribution >= 0.6 is 0 Å². The van der Waals surface area contributed by atoms with Gasteiger partial charge in [0.1, 0.15) is 0 Å². The number of hydrogen-bond donors (Lipinski definition) is 0. The first-order valence-corrected chi connectivity index (χ1v) is 18.6. The molecule has 0 aromatic heterocycles. The lowest BCUT2D eigenvalue weighted by Gasteiger charge is -2.25. The molecule has 252 valence electrons. The van der Waals surface area contributed by atoms with Crippen molar-refractivity contribution in [3.63, 3.8) is 0 Å². The van der Waals surface area contributed by atoms with Crippen LogP contribution < -0.4 is 0 Å². The van der Waals surface area contributed by atoms with Crippen LogP contribution in [-0.4, -0.2) is 0 Å². The van der Waals surface area contributed by atoms with Gasteiger partial charge in [-0.15, -0.1) is 0 Å². The summed E-state index contributed by atoms with van der Waals surface area (Å²) < 4.78 is 0. The van der Waals surface area contributed by atoms with E-state index in [1.54, 1.807) is 0 Å². The minimum Gasteiger partial charge on any atom is -0.192 e. The van der Waals surface area contributed by atoms with Crippen molar-refractivity contribution in [1.29, 1.82) is 15.8 Å². The molecule has 3 aliphatic carbocycles. The van der Waals surface area contributed by atoms with E-state index >= 15 is 0 Å². The Kier molecular flexibility index (Phi) is 7.40. The highest BCUT2D eigenvalue weighted by Crippen LogP contribution is 2.65. The van der Waals surface area contributed by atoms with Gasteiger partial charge in [0.15, 0.2) is 0 Å². The standard InChI is InChI=1S/C51H33N3/c52-28-34-19-13-31(14-20-34)25-43-37-7-1-4-10-40(37)46-49(43)47-41-11-5-2-8-38(41)45(27-33-17-23-36(30-54)24-18-33)51(47)48-42-12-6-3-9-39(42)44(50(46)48)26-32-15-21-35(29-53)22-16-32/h1-24,43-45H,25-27H2/t43-,44-,45-/m1/s1. The average Bonchev–Trinajstić information content (AvgIpc) is 3.84. The number of benzene rings is 7. The fourth-order valence-corrected chi connectivity index (χ4v) is 9.77. The summed E-state index contributed by atoms with van der Waals surface area (Å²) in [7, 11) is 0. The first kappa shape index (κ1) is 31.7. The van der Waals surface area contributed by atoms with Crippen LogP contribution in [0.5, 0.6) is 0 Å². The van der Waals surface area contributed by atoms with Crippen LogP contribution in [0.2, 0.25) is 0 Å². The molecular formula is C51H33N3. The largest absolute Gasteiger partial charge is 0.192 e. The fourth-order valence-electron chi connectivity index (χ4n) is 9.77. The Hall–Kier alpha value is -6.99. The van der Waals surface area contributed by atoms with E-state index in [2.05, 4.69) is 127 Å². The van der Waals surface area contributed by atoms with Crippen molar-refractivity contribution in [2.75, 3.05) is 0 Å². The maximum Gasteiger partial charge on any atom is 0.0991 e. The smallest absolute Gasteiger partial charge is 0.0991 e. The van der Waals surface area contributed by atoms with Gasteiger partial charge in [0, 0.05) is 17.8 Å². The summed E-state index contributed by atoms with van der Waals surface area (Å²) in [5, 5.41) is 28.7. The van der Waals surface area contributed by atoms with Gasteiger partial charge < -0.3 is 0 Å². The molecule has 0 aliphatic heterocycles. The molecule has 0 saturated heterocycles. The molecule has 10 rings (SSSR count). The zero-order chi connectivity index (χ0) is 36.3. The maximum atomic E-state index is 9.57. The van der Waals surface area contributed by atoms with E-state index in [0.29, 0.717) is 16.7 Å². The molecule has 0 radical (unpaired) electrons. The highest BCUT2D eigenvalue weighted by molar-refractivity contribution is 6.03. The van der Waals surface area contributed by atoms with E-state index in [1.807, 2.05) is 36.4 Å². The van der Waals surface area contributed by atoms with Crippen molar-refractivity contribution < 1.29 is 0 Å². The molecule has 3 atom stereocenters. The number of fused-ring (bicyclic) bond motifs is 12. The van der Waals surface area contributed by atoms with E-state index in [-0.39, 0.29) is 17.8 Å². The Labute approximate surface area is 315 Å². The van der Waals surface area contributed by atoms with Crippen LogP contribution in [0.3, 0.4) is 0 Å². The predicted molar refractivity (Wildman–Crippen MR) is 213 cm³/mol. The van der Waals surface area contributed by atoms with Crippen molar-refractivity contribution in [3.05, 3.63) is 212 Å². The molecule has 0 unspecified atom stereocenters. The summed E-state index contributed by atoms with van der Waals surface area (Å²) >= 11 is 0. The lowest BCUT2D eigenvalue weighted by molar-refractivity contribution is 0.802. The molecule has 7 aromatic rings. The third kappa shape index (κ3) is 4.85. The van der Waals surface area contributed by atoms with Crippen molar-refractivity contribution in [1.82, 2.24) is 0 Å². The molecule has 0 N–H and O–H groups in total. The summed E-state index contributed by atoms with van der Waals surface area (Å²) in [6.07, 6.45) is 2.49. The first-order chi connectivity index (χ1) is 26.6. The number of nitrogens with zero attached hydrogens (tertiary/aromatic N) is 3. The third-order valence-electron chi connectivity index (χ3n) is 12.0. The van der Waals surface area contributed by atoms with E-state index in [0.717, 1.165) is 19.3 Å². The minimum atomic E-state index is 0.129. The molecule has 0 spiro atoms. The van der Waals surface area contributed by atoms with Crippen LogP contribution in [0.25, 0.3) is 33.4 Å². The van der Waals surface area contributed by atoms with Crippen molar-refractivity contribution in [2.24, 2.45) is 0 Å². The molecule has 0 heterocycles. The Bertz CT molecular complexity index is 2440. The summed E-state index contributed by atoms with van der Waals surface area (Å²) in [6, 6.07) is 58.3. The molecule has 0 fully saturated rings. The van der Waals surface area contributed by atoms with Gasteiger partial charge in [-0.05, 0) is 139 Å². The highest BCUT2D eigenvalue weighted by Gasteiger charge is 2.46. The van der Waals surface area contributed by atoms with Gasteiger partial charge in [-0.2, -0.15) is 15.8 Å². The predicted octanol–water partition coefficient (Wildman–Crippen LogP) is 11.4. The number of rotatable bonds is 6. The second-order valence-corrected chi connectivity index (χ2v) is 14.8. The molecule has 7 aromatic carbocycles. The lowest BCUT2D eigenvalue weighted by Crippen LogP contribution is -2.09. The van der Waals surface area contributed by atoms with Gasteiger partial charge in [0.05, 0.1) is 34.9 Å². The van der Waals surface area contributed by atoms with Crippen LogP contribution in [0, 0.1) is 34.0 Å². The normalized spacial score (nSPS) is 16.5. The first-order valence-electron chi connectivity index (χ1n) is 18.6. The van der Waals surface area contributed by atoms with Crippen molar-refractivity contribution >= 4 is 0 Å². The highest BCUT2D eigenvalue weighted by atomic mass is 14.5. The van der Waals surface area contributed by atoms with Crippen LogP contribution in [0.1, 0.15) is 84.5 Å². The van der Waals surface area contributed by atoms with E-state index in [4.69, 9.17) is 0 Å². The van der Waals surface area contributed by atoms with Crippen LogP contribution in [0.4, 0.5) is 0 Å². The molecule has 0 saturated carbocycles. The third-order valence-corrected chi connectivity index (χ3v) is 12.0. The monoisotopic (exact) mass is 687 g/mol. The molecular weight excluding hydrogens is 655 g/mol. The Morgan fingerprint density at radius 1 is 0.333 bits per heavy atom. The van der Waals surface area contributed by atoms with Gasteiger partial charge >= 0.3 is 0 Å². The summed E-state index contributed by atoms with van der Waals surface area (Å²) in [4.78, 5) is 0. The van der Waals surface area contributed by atoms with Gasteiger partial charge in [-0.25, -0.2) is 0 Å². The lowest BCUT2D eigenvalue weighted by atomic mass is 9.77. The molecule has 3 heteroatoms. The van der Waals surface area contributed by atoms with Crippen LogP contribution in [0.15, 0.2) is 146 Å². The summed E-state index contributed by atoms with van der Waals surface area (Å²) in [5.74, 6) is 0.387. The molecule has 0 bridgehead atoms. The van der Waals surface area contributed by atoms with E-state index in [1.165, 1.54) is 83.5 Å². The Morgan fingerprint density at radius 2 is 0.593 bits per heavy atom. The second kappa shape index (κ2) is 12.6. The van der Waals surface area contributed by atoms with E-state index in [9.17, 15) is 15.8 Å². The fraction of sp³-hybridized carbons (Fsp3) is 0.118. The molecule has 3 nitrogen and oxygen atoms in total. The van der Waals surface area contributed by atoms with Gasteiger partial charge in [0.2, 0.25) is 0 Å².